The molecule has 0 amide bonds. The summed E-state index contributed by atoms with van der Waals surface area (Å²) in [7, 11) is 0. The van der Waals surface area contributed by atoms with Crippen LogP contribution in [0.25, 0.3) is 0 Å². The molecule has 3 aromatic rings. The first-order valence-electron chi connectivity index (χ1n) is 8.54. The third kappa shape index (κ3) is 3.86. The molecule has 2 aromatic heterocycles. The zero-order chi connectivity index (χ0) is 17.8. The summed E-state index contributed by atoms with van der Waals surface area (Å²) in [6.07, 6.45) is 3.61. The van der Waals surface area contributed by atoms with Gasteiger partial charge in [0.25, 0.3) is 0 Å². The minimum Gasteiger partial charge on any atom is -0.353 e. The van der Waals surface area contributed by atoms with E-state index in [-0.39, 0.29) is 0 Å². The normalized spacial score (nSPS) is 14.3. The number of nitrogens with zero attached hydrogens (tertiary/aromatic N) is 5. The van der Waals surface area contributed by atoms with Gasteiger partial charge in [0.15, 0.2) is 0 Å². The number of benzene rings is 1. The van der Waals surface area contributed by atoms with Crippen molar-refractivity contribution in [3.8, 4) is 0 Å². The Kier molecular flexibility index (Phi) is 4.84. The van der Waals surface area contributed by atoms with Crippen molar-refractivity contribution >= 4 is 34.9 Å². The van der Waals surface area contributed by atoms with Crippen molar-refractivity contribution in [2.24, 2.45) is 0 Å². The number of nitrogens with one attached hydrogen (secondary N) is 1. The molecule has 0 radical (unpaired) electrons. The van der Waals surface area contributed by atoms with Crippen LogP contribution in [0, 0.1) is 0 Å². The first kappa shape index (κ1) is 16.6. The molecule has 1 N–H and O–H groups in total. The quantitative estimate of drug-likeness (QED) is 0.761. The number of pyridine rings is 1. The van der Waals surface area contributed by atoms with Crippen molar-refractivity contribution in [3.05, 3.63) is 65.9 Å². The molecule has 0 unspecified atom stereocenters. The van der Waals surface area contributed by atoms with Crippen LogP contribution in [0.1, 0.15) is 0 Å². The zero-order valence-electron chi connectivity index (χ0n) is 14.2. The molecule has 7 heteroatoms. The van der Waals surface area contributed by atoms with Crippen molar-refractivity contribution in [1.29, 1.82) is 0 Å². The fraction of sp³-hybridized carbons (Fsp3) is 0.211. The summed E-state index contributed by atoms with van der Waals surface area (Å²) in [6, 6.07) is 15.4. The first-order valence-corrected chi connectivity index (χ1v) is 8.92. The van der Waals surface area contributed by atoms with Crippen LogP contribution in [0.5, 0.6) is 0 Å². The second-order valence-electron chi connectivity index (χ2n) is 6.04. The van der Waals surface area contributed by atoms with Crippen molar-refractivity contribution in [3.63, 3.8) is 0 Å². The van der Waals surface area contributed by atoms with Crippen LogP contribution in [0.3, 0.4) is 0 Å². The highest BCUT2D eigenvalue weighted by molar-refractivity contribution is 6.30. The van der Waals surface area contributed by atoms with Crippen LogP contribution in [-0.2, 0) is 0 Å². The number of aromatic nitrogens is 3. The van der Waals surface area contributed by atoms with E-state index in [1.807, 2.05) is 54.7 Å². The molecule has 1 fully saturated rings. The Bertz CT molecular complexity index is 847. The summed E-state index contributed by atoms with van der Waals surface area (Å²) in [4.78, 5) is 18.0. The number of hydrogen-bond acceptors (Lipinski definition) is 6. The molecule has 1 aliphatic rings. The standard InChI is InChI=1S/C19H19ClN6/c20-15-4-6-16(7-5-15)23-17-8-10-22-19(24-17)26-13-11-25(12-14-26)18-3-1-2-9-21-18/h1-10H,11-14H2,(H,22,23,24). The van der Waals surface area contributed by atoms with Crippen LogP contribution in [0.15, 0.2) is 60.9 Å². The molecule has 26 heavy (non-hydrogen) atoms. The third-order valence-electron chi connectivity index (χ3n) is 4.30. The smallest absolute Gasteiger partial charge is 0.227 e. The number of piperazine rings is 1. The SMILES string of the molecule is Clc1ccc(Nc2ccnc(N3CCN(c4ccccn4)CC3)n2)cc1. The van der Waals surface area contributed by atoms with Gasteiger partial charge in [0, 0.05) is 49.3 Å². The molecule has 1 saturated heterocycles. The highest BCUT2D eigenvalue weighted by Gasteiger charge is 2.20. The molecule has 0 aliphatic carbocycles. The molecular formula is C19H19ClN6. The molecule has 1 aromatic carbocycles. The molecule has 132 valence electrons. The van der Waals surface area contributed by atoms with Gasteiger partial charge in [-0.05, 0) is 42.5 Å². The number of rotatable bonds is 4. The molecule has 0 atom stereocenters. The molecule has 0 saturated carbocycles. The van der Waals surface area contributed by atoms with Crippen LogP contribution < -0.4 is 15.1 Å². The first-order chi connectivity index (χ1) is 12.8. The Morgan fingerprint density at radius 3 is 2.31 bits per heavy atom. The Morgan fingerprint density at radius 1 is 0.808 bits per heavy atom. The van der Waals surface area contributed by atoms with Crippen LogP contribution in [-0.4, -0.2) is 41.1 Å². The lowest BCUT2D eigenvalue weighted by atomic mass is 10.3. The van der Waals surface area contributed by atoms with Crippen molar-refractivity contribution in [2.45, 2.75) is 0 Å². The Balaban J connectivity index is 1.42. The summed E-state index contributed by atoms with van der Waals surface area (Å²) in [5, 5.41) is 4.00. The van der Waals surface area contributed by atoms with Gasteiger partial charge in [-0.15, -0.1) is 0 Å². The van der Waals surface area contributed by atoms with E-state index in [9.17, 15) is 0 Å². The minimum absolute atomic E-state index is 0.713. The lowest BCUT2D eigenvalue weighted by molar-refractivity contribution is 0.635. The summed E-state index contributed by atoms with van der Waals surface area (Å²) < 4.78 is 0. The maximum Gasteiger partial charge on any atom is 0.227 e. The van der Waals surface area contributed by atoms with Gasteiger partial charge in [0.05, 0.1) is 0 Å². The largest absolute Gasteiger partial charge is 0.353 e. The summed E-state index contributed by atoms with van der Waals surface area (Å²) in [5.41, 5.74) is 0.944. The van der Waals surface area contributed by atoms with Crippen molar-refractivity contribution in [1.82, 2.24) is 15.0 Å². The van der Waals surface area contributed by atoms with E-state index in [0.717, 1.165) is 49.5 Å². The Morgan fingerprint density at radius 2 is 1.58 bits per heavy atom. The van der Waals surface area contributed by atoms with E-state index < -0.39 is 0 Å². The molecule has 1 aliphatic heterocycles. The maximum atomic E-state index is 5.93. The average molecular weight is 367 g/mol. The van der Waals surface area contributed by atoms with Gasteiger partial charge in [-0.25, -0.2) is 9.97 Å². The predicted molar refractivity (Wildman–Crippen MR) is 105 cm³/mol. The van der Waals surface area contributed by atoms with E-state index in [1.54, 1.807) is 6.20 Å². The molecule has 0 bridgehead atoms. The van der Waals surface area contributed by atoms with Crippen LogP contribution in [0.2, 0.25) is 5.02 Å². The van der Waals surface area contributed by atoms with E-state index in [2.05, 4.69) is 30.1 Å². The van der Waals surface area contributed by atoms with Crippen molar-refractivity contribution < 1.29 is 0 Å². The monoisotopic (exact) mass is 366 g/mol. The van der Waals surface area contributed by atoms with Crippen molar-refractivity contribution in [2.75, 3.05) is 41.3 Å². The second-order valence-corrected chi connectivity index (χ2v) is 6.47. The van der Waals surface area contributed by atoms with Gasteiger partial charge < -0.3 is 15.1 Å². The van der Waals surface area contributed by atoms with E-state index in [1.165, 1.54) is 0 Å². The van der Waals surface area contributed by atoms with Gasteiger partial charge in [0.1, 0.15) is 11.6 Å². The zero-order valence-corrected chi connectivity index (χ0v) is 15.0. The molecule has 6 nitrogen and oxygen atoms in total. The van der Waals surface area contributed by atoms with Gasteiger partial charge in [-0.2, -0.15) is 4.98 Å². The predicted octanol–water partition coefficient (Wildman–Crippen LogP) is 3.60. The maximum absolute atomic E-state index is 5.93. The number of halogens is 1. The highest BCUT2D eigenvalue weighted by Crippen LogP contribution is 2.20. The lowest BCUT2D eigenvalue weighted by Crippen LogP contribution is -2.47. The minimum atomic E-state index is 0.713. The molecule has 0 spiro atoms. The molecule has 3 heterocycles. The fourth-order valence-corrected chi connectivity index (χ4v) is 3.05. The number of anilines is 4. The topological polar surface area (TPSA) is 57.2 Å². The molecular weight excluding hydrogens is 348 g/mol. The van der Waals surface area contributed by atoms with Gasteiger partial charge in [-0.1, -0.05) is 17.7 Å². The highest BCUT2D eigenvalue weighted by atomic mass is 35.5. The fourth-order valence-electron chi connectivity index (χ4n) is 2.93. The lowest BCUT2D eigenvalue weighted by Gasteiger charge is -2.35. The summed E-state index contributed by atoms with van der Waals surface area (Å²) >= 11 is 5.93. The van der Waals surface area contributed by atoms with E-state index in [0.29, 0.717) is 5.02 Å². The van der Waals surface area contributed by atoms with E-state index in [4.69, 9.17) is 11.6 Å². The Hall–Kier alpha value is -2.86. The molecule has 4 rings (SSSR count). The van der Waals surface area contributed by atoms with Crippen LogP contribution in [0.4, 0.5) is 23.3 Å². The second kappa shape index (κ2) is 7.58. The Labute approximate surface area is 157 Å². The number of hydrogen-bond donors (Lipinski definition) is 1. The van der Waals surface area contributed by atoms with Crippen LogP contribution >= 0.6 is 11.6 Å². The summed E-state index contributed by atoms with van der Waals surface area (Å²) in [6.45, 7) is 3.52. The van der Waals surface area contributed by atoms with Gasteiger partial charge in [-0.3, -0.25) is 0 Å². The third-order valence-corrected chi connectivity index (χ3v) is 4.55. The van der Waals surface area contributed by atoms with Gasteiger partial charge in [0.2, 0.25) is 5.95 Å². The summed E-state index contributed by atoms with van der Waals surface area (Å²) in [5.74, 6) is 2.53. The van der Waals surface area contributed by atoms with Gasteiger partial charge >= 0.3 is 0 Å². The van der Waals surface area contributed by atoms with E-state index >= 15 is 0 Å². The average Bonchev–Trinajstić information content (AvgIpc) is 2.71.